The van der Waals surface area contributed by atoms with Crippen molar-refractivity contribution in [2.24, 2.45) is 0 Å². The maximum absolute atomic E-state index is 5.51. The van der Waals surface area contributed by atoms with Gasteiger partial charge in [0.15, 0.2) is 0 Å². The zero-order valence-electron chi connectivity index (χ0n) is 8.28. The maximum atomic E-state index is 5.51. The first-order valence-corrected chi connectivity index (χ1v) is 4.50. The Balaban J connectivity index is 2.41. The van der Waals surface area contributed by atoms with E-state index in [0.29, 0.717) is 0 Å². The van der Waals surface area contributed by atoms with E-state index in [-0.39, 0.29) is 0 Å². The molecule has 0 N–H and O–H groups in total. The monoisotopic (exact) mass is 188 g/mol. The van der Waals surface area contributed by atoms with Gasteiger partial charge in [0.1, 0.15) is 17.3 Å². The first kappa shape index (κ1) is 8.88. The lowest BCUT2D eigenvalue weighted by Crippen LogP contribution is -1.82. The summed E-state index contributed by atoms with van der Waals surface area (Å²) in [5.74, 6) is 2.64. The van der Waals surface area contributed by atoms with E-state index in [4.69, 9.17) is 9.15 Å². The molecule has 0 fully saturated rings. The van der Waals surface area contributed by atoms with Gasteiger partial charge in [0.05, 0.1) is 7.11 Å². The van der Waals surface area contributed by atoms with Crippen LogP contribution in [0.25, 0.3) is 11.3 Å². The summed E-state index contributed by atoms with van der Waals surface area (Å²) in [4.78, 5) is 0. The summed E-state index contributed by atoms with van der Waals surface area (Å²) in [5.41, 5.74) is 1.04. The highest BCUT2D eigenvalue weighted by atomic mass is 16.5. The topological polar surface area (TPSA) is 22.4 Å². The van der Waals surface area contributed by atoms with E-state index in [1.807, 2.05) is 43.3 Å². The summed E-state index contributed by atoms with van der Waals surface area (Å²) < 4.78 is 10.7. The average Bonchev–Trinajstić information content (AvgIpc) is 2.65. The second kappa shape index (κ2) is 3.58. The summed E-state index contributed by atoms with van der Waals surface area (Å²) in [6, 6.07) is 11.7. The Kier molecular flexibility index (Phi) is 2.27. The van der Waals surface area contributed by atoms with Gasteiger partial charge in [0.2, 0.25) is 0 Å². The molecule has 0 atom stereocenters. The minimum atomic E-state index is 0.844. The molecule has 0 saturated heterocycles. The van der Waals surface area contributed by atoms with Gasteiger partial charge in [0, 0.05) is 5.56 Å². The Bertz CT molecular complexity index is 429. The van der Waals surface area contributed by atoms with Gasteiger partial charge in [-0.2, -0.15) is 0 Å². The molecule has 1 aromatic heterocycles. The summed E-state index contributed by atoms with van der Waals surface area (Å²) >= 11 is 0. The molecule has 2 aromatic rings. The van der Waals surface area contributed by atoms with Crippen molar-refractivity contribution in [3.63, 3.8) is 0 Å². The minimum Gasteiger partial charge on any atom is -0.497 e. The van der Waals surface area contributed by atoms with Crippen LogP contribution in [0.1, 0.15) is 5.76 Å². The van der Waals surface area contributed by atoms with Gasteiger partial charge >= 0.3 is 0 Å². The standard InChI is InChI=1S/C12H12O2/c1-9-6-7-12(14-9)10-4-3-5-11(8-10)13-2/h3-8H,1-2H3. The zero-order chi connectivity index (χ0) is 9.97. The van der Waals surface area contributed by atoms with Gasteiger partial charge in [-0.3, -0.25) is 0 Å². The highest BCUT2D eigenvalue weighted by Gasteiger charge is 2.02. The van der Waals surface area contributed by atoms with Crippen LogP contribution in [0.4, 0.5) is 0 Å². The van der Waals surface area contributed by atoms with Crippen LogP contribution >= 0.6 is 0 Å². The third-order valence-electron chi connectivity index (χ3n) is 2.09. The second-order valence-corrected chi connectivity index (χ2v) is 3.14. The van der Waals surface area contributed by atoms with E-state index < -0.39 is 0 Å². The Morgan fingerprint density at radius 3 is 2.64 bits per heavy atom. The number of methoxy groups -OCH3 is 1. The van der Waals surface area contributed by atoms with E-state index >= 15 is 0 Å². The predicted octanol–water partition coefficient (Wildman–Crippen LogP) is 3.26. The SMILES string of the molecule is COc1cccc(-c2ccc(C)o2)c1. The first-order valence-electron chi connectivity index (χ1n) is 4.50. The largest absolute Gasteiger partial charge is 0.497 e. The molecule has 14 heavy (non-hydrogen) atoms. The normalized spacial score (nSPS) is 10.1. The third-order valence-corrected chi connectivity index (χ3v) is 2.09. The van der Waals surface area contributed by atoms with Crippen molar-refractivity contribution in [3.05, 3.63) is 42.2 Å². The van der Waals surface area contributed by atoms with Crippen molar-refractivity contribution in [1.29, 1.82) is 0 Å². The Hall–Kier alpha value is -1.70. The molecule has 0 amide bonds. The molecular formula is C12H12O2. The van der Waals surface area contributed by atoms with E-state index in [1.165, 1.54) is 0 Å². The smallest absolute Gasteiger partial charge is 0.134 e. The van der Waals surface area contributed by atoms with Gasteiger partial charge in [-0.15, -0.1) is 0 Å². The number of rotatable bonds is 2. The number of hydrogen-bond acceptors (Lipinski definition) is 2. The van der Waals surface area contributed by atoms with E-state index in [1.54, 1.807) is 7.11 Å². The fraction of sp³-hybridized carbons (Fsp3) is 0.167. The van der Waals surface area contributed by atoms with Crippen LogP contribution in [0.2, 0.25) is 0 Å². The fourth-order valence-electron chi connectivity index (χ4n) is 1.37. The molecule has 0 aliphatic carbocycles. The van der Waals surface area contributed by atoms with Gasteiger partial charge in [-0.05, 0) is 31.2 Å². The molecule has 0 unspecified atom stereocenters. The fourth-order valence-corrected chi connectivity index (χ4v) is 1.37. The van der Waals surface area contributed by atoms with Gasteiger partial charge in [-0.1, -0.05) is 12.1 Å². The van der Waals surface area contributed by atoms with Crippen LogP contribution in [0, 0.1) is 6.92 Å². The Morgan fingerprint density at radius 2 is 2.00 bits per heavy atom. The predicted molar refractivity (Wildman–Crippen MR) is 55.4 cm³/mol. The lowest BCUT2D eigenvalue weighted by molar-refractivity contribution is 0.414. The summed E-state index contributed by atoms with van der Waals surface area (Å²) in [5, 5.41) is 0. The molecule has 0 aliphatic heterocycles. The quantitative estimate of drug-likeness (QED) is 0.721. The van der Waals surface area contributed by atoms with Crippen LogP contribution in [0.15, 0.2) is 40.8 Å². The first-order chi connectivity index (χ1) is 6.79. The van der Waals surface area contributed by atoms with Crippen LogP contribution in [0.5, 0.6) is 5.75 Å². The molecular weight excluding hydrogens is 176 g/mol. The van der Waals surface area contributed by atoms with Crippen molar-refractivity contribution in [1.82, 2.24) is 0 Å². The van der Waals surface area contributed by atoms with Crippen molar-refractivity contribution in [3.8, 4) is 17.1 Å². The molecule has 2 heteroatoms. The Morgan fingerprint density at radius 1 is 1.14 bits per heavy atom. The van der Waals surface area contributed by atoms with E-state index in [2.05, 4.69) is 0 Å². The summed E-state index contributed by atoms with van der Waals surface area (Å²) in [7, 11) is 1.66. The molecule has 0 aliphatic rings. The van der Waals surface area contributed by atoms with Gasteiger partial charge < -0.3 is 9.15 Å². The van der Waals surface area contributed by atoms with Crippen molar-refractivity contribution < 1.29 is 9.15 Å². The zero-order valence-corrected chi connectivity index (χ0v) is 8.28. The third kappa shape index (κ3) is 1.64. The molecule has 1 heterocycles. The van der Waals surface area contributed by atoms with E-state index in [9.17, 15) is 0 Å². The van der Waals surface area contributed by atoms with Gasteiger partial charge in [0.25, 0.3) is 0 Å². The summed E-state index contributed by atoms with van der Waals surface area (Å²) in [6.07, 6.45) is 0. The van der Waals surface area contributed by atoms with Crippen LogP contribution in [-0.4, -0.2) is 7.11 Å². The highest BCUT2D eigenvalue weighted by molar-refractivity contribution is 5.59. The average molecular weight is 188 g/mol. The van der Waals surface area contributed by atoms with Crippen molar-refractivity contribution >= 4 is 0 Å². The van der Waals surface area contributed by atoms with Crippen LogP contribution in [-0.2, 0) is 0 Å². The molecule has 1 aromatic carbocycles. The number of hydrogen-bond donors (Lipinski definition) is 0. The summed E-state index contributed by atoms with van der Waals surface area (Å²) in [6.45, 7) is 1.93. The maximum Gasteiger partial charge on any atom is 0.134 e. The van der Waals surface area contributed by atoms with Crippen LogP contribution in [0.3, 0.4) is 0 Å². The minimum absolute atomic E-state index is 0.844. The Labute approximate surface area is 83.1 Å². The second-order valence-electron chi connectivity index (χ2n) is 3.14. The van der Waals surface area contributed by atoms with Crippen LogP contribution < -0.4 is 4.74 Å². The number of aryl methyl sites for hydroxylation is 1. The van der Waals surface area contributed by atoms with E-state index in [0.717, 1.165) is 22.8 Å². The van der Waals surface area contributed by atoms with Crippen molar-refractivity contribution in [2.45, 2.75) is 6.92 Å². The lowest BCUT2D eigenvalue weighted by Gasteiger charge is -2.01. The number of furan rings is 1. The molecule has 2 nitrogen and oxygen atoms in total. The highest BCUT2D eigenvalue weighted by Crippen LogP contribution is 2.25. The number of ether oxygens (including phenoxy) is 1. The van der Waals surface area contributed by atoms with Gasteiger partial charge in [-0.25, -0.2) is 0 Å². The molecule has 0 bridgehead atoms. The molecule has 0 saturated carbocycles. The molecule has 2 rings (SSSR count). The number of benzene rings is 1. The molecule has 0 spiro atoms. The lowest BCUT2D eigenvalue weighted by atomic mass is 10.2. The molecule has 72 valence electrons. The van der Waals surface area contributed by atoms with Crippen molar-refractivity contribution in [2.75, 3.05) is 7.11 Å². The molecule has 0 radical (unpaired) electrons.